The number of rotatable bonds is 1. The second kappa shape index (κ2) is 6.92. The number of hydrogen-bond donors (Lipinski definition) is 0. The van der Waals surface area contributed by atoms with Gasteiger partial charge in [0, 0.05) is 49.2 Å². The number of carbonyl (C=O) groups excluding carboxylic acids is 2. The summed E-state index contributed by atoms with van der Waals surface area (Å²) >= 11 is 1.56. The van der Waals surface area contributed by atoms with Crippen molar-refractivity contribution in [3.63, 3.8) is 0 Å². The van der Waals surface area contributed by atoms with Gasteiger partial charge in [0.15, 0.2) is 0 Å². The topological polar surface area (TPSA) is 43.9 Å². The molecule has 0 saturated carbocycles. The van der Waals surface area contributed by atoms with E-state index in [9.17, 15) is 9.59 Å². The molecule has 5 nitrogen and oxygen atoms in total. The van der Waals surface area contributed by atoms with E-state index in [0.29, 0.717) is 0 Å². The number of amides is 3. The first kappa shape index (κ1) is 17.7. The van der Waals surface area contributed by atoms with Crippen LogP contribution in [-0.2, 0) is 5.41 Å². The molecule has 4 heterocycles. The molecule has 0 unspecified atom stereocenters. The Bertz CT molecular complexity index is 881. The first-order chi connectivity index (χ1) is 13.7. The van der Waals surface area contributed by atoms with Crippen molar-refractivity contribution in [3.05, 3.63) is 52.2 Å². The lowest BCUT2D eigenvalue weighted by molar-refractivity contribution is 0.0674. The molecule has 0 aliphatic carbocycles. The van der Waals surface area contributed by atoms with Gasteiger partial charge in [-0.2, -0.15) is 11.3 Å². The van der Waals surface area contributed by atoms with E-state index < -0.39 is 0 Å². The summed E-state index contributed by atoms with van der Waals surface area (Å²) in [5, 5.41) is 3.88. The number of anilines is 1. The van der Waals surface area contributed by atoms with Crippen LogP contribution in [0.3, 0.4) is 0 Å². The fraction of sp³-hybridized carbons (Fsp3) is 0.455. The zero-order chi connectivity index (χ0) is 19.1. The molecule has 2 saturated heterocycles. The van der Waals surface area contributed by atoms with Gasteiger partial charge >= 0.3 is 6.03 Å². The first-order valence-corrected chi connectivity index (χ1v) is 11.1. The van der Waals surface area contributed by atoms with Crippen LogP contribution in [0, 0.1) is 0 Å². The number of likely N-dealkylation sites (tertiary alicyclic amines) is 2. The lowest BCUT2D eigenvalue weighted by atomic mass is 9.74. The average Bonchev–Trinajstić information content (AvgIpc) is 3.49. The van der Waals surface area contributed by atoms with Gasteiger partial charge in [-0.15, -0.1) is 0 Å². The Hall–Kier alpha value is -2.34. The molecule has 1 aromatic heterocycles. The van der Waals surface area contributed by atoms with E-state index in [1.54, 1.807) is 11.3 Å². The number of urea groups is 1. The Balaban J connectivity index is 1.37. The van der Waals surface area contributed by atoms with Gasteiger partial charge in [0.05, 0.1) is 5.56 Å². The number of piperidine rings is 1. The van der Waals surface area contributed by atoms with Crippen LogP contribution in [-0.4, -0.2) is 54.5 Å². The molecule has 2 fully saturated rings. The van der Waals surface area contributed by atoms with Gasteiger partial charge in [0.1, 0.15) is 0 Å². The van der Waals surface area contributed by atoms with Crippen LogP contribution in [0.4, 0.5) is 10.5 Å². The third kappa shape index (κ3) is 2.82. The minimum Gasteiger partial charge on any atom is -0.339 e. The number of hydrogen-bond acceptors (Lipinski definition) is 3. The zero-order valence-corrected chi connectivity index (χ0v) is 16.8. The lowest BCUT2D eigenvalue weighted by Crippen LogP contribution is -2.49. The van der Waals surface area contributed by atoms with Crippen molar-refractivity contribution in [1.82, 2.24) is 9.80 Å². The Morgan fingerprint density at radius 1 is 0.929 bits per heavy atom. The van der Waals surface area contributed by atoms with Gasteiger partial charge in [-0.3, -0.25) is 9.69 Å². The molecule has 3 aliphatic rings. The quantitative estimate of drug-likeness (QED) is 0.734. The Morgan fingerprint density at radius 2 is 1.68 bits per heavy atom. The zero-order valence-electron chi connectivity index (χ0n) is 16.0. The minimum absolute atomic E-state index is 0.0304. The normalized spacial score (nSPS) is 20.6. The Kier molecular flexibility index (Phi) is 4.38. The summed E-state index contributed by atoms with van der Waals surface area (Å²) < 4.78 is 0. The van der Waals surface area contributed by atoms with Gasteiger partial charge < -0.3 is 9.80 Å². The molecule has 1 aromatic carbocycles. The third-order valence-electron chi connectivity index (χ3n) is 6.61. The summed E-state index contributed by atoms with van der Waals surface area (Å²) in [7, 11) is 0. The largest absolute Gasteiger partial charge is 0.339 e. The molecule has 0 bridgehead atoms. The van der Waals surface area contributed by atoms with Crippen LogP contribution in [0.15, 0.2) is 41.1 Å². The van der Waals surface area contributed by atoms with Crippen molar-refractivity contribution in [2.75, 3.05) is 37.6 Å². The predicted molar refractivity (Wildman–Crippen MR) is 111 cm³/mol. The molecule has 0 radical (unpaired) electrons. The molecule has 1 spiro atoms. The van der Waals surface area contributed by atoms with Gasteiger partial charge in [0.25, 0.3) is 5.91 Å². The number of nitrogens with zero attached hydrogens (tertiary/aromatic N) is 3. The van der Waals surface area contributed by atoms with Crippen molar-refractivity contribution < 1.29 is 9.59 Å². The Labute approximate surface area is 169 Å². The van der Waals surface area contributed by atoms with Gasteiger partial charge in [-0.1, -0.05) is 18.2 Å². The lowest BCUT2D eigenvalue weighted by Gasteiger charge is -2.40. The second-order valence-electron chi connectivity index (χ2n) is 8.16. The molecule has 3 aliphatic heterocycles. The van der Waals surface area contributed by atoms with Crippen molar-refractivity contribution >= 4 is 29.0 Å². The van der Waals surface area contributed by atoms with Crippen molar-refractivity contribution in [3.8, 4) is 0 Å². The van der Waals surface area contributed by atoms with E-state index in [1.165, 1.54) is 5.56 Å². The summed E-state index contributed by atoms with van der Waals surface area (Å²) in [6.45, 7) is 3.96. The fourth-order valence-corrected chi connectivity index (χ4v) is 5.64. The number of para-hydroxylation sites is 1. The van der Waals surface area contributed by atoms with E-state index >= 15 is 0 Å². The van der Waals surface area contributed by atoms with E-state index in [4.69, 9.17) is 0 Å². The summed E-state index contributed by atoms with van der Waals surface area (Å²) in [6.07, 6.45) is 4.02. The van der Waals surface area contributed by atoms with Crippen LogP contribution in [0.5, 0.6) is 0 Å². The fourth-order valence-electron chi connectivity index (χ4n) is 5.01. The SMILES string of the molecule is O=C(c1ccsc1)N1CCC2(CC1)CN(C(=O)N1CCCC1)c1ccccc12. The highest BCUT2D eigenvalue weighted by atomic mass is 32.1. The third-order valence-corrected chi connectivity index (χ3v) is 7.29. The Morgan fingerprint density at radius 3 is 2.39 bits per heavy atom. The highest BCUT2D eigenvalue weighted by Crippen LogP contribution is 2.47. The summed E-state index contributed by atoms with van der Waals surface area (Å²) in [4.78, 5) is 31.8. The summed E-state index contributed by atoms with van der Waals surface area (Å²) in [6, 6.07) is 10.4. The molecule has 28 heavy (non-hydrogen) atoms. The molecular weight excluding hydrogens is 370 g/mol. The van der Waals surface area contributed by atoms with Gasteiger partial charge in [-0.05, 0) is 48.8 Å². The number of benzene rings is 1. The molecule has 146 valence electrons. The highest BCUT2D eigenvalue weighted by molar-refractivity contribution is 7.08. The molecule has 3 amide bonds. The standard InChI is InChI=1S/C22H25N3O2S/c26-20(17-7-14-28-15-17)23-12-8-22(9-13-23)16-25(19-6-2-1-5-18(19)22)21(27)24-10-3-4-11-24/h1-2,5-7,14-15H,3-4,8-13,16H2. The maximum absolute atomic E-state index is 13.2. The van der Waals surface area contributed by atoms with E-state index in [1.807, 2.05) is 37.6 Å². The molecule has 5 rings (SSSR count). The predicted octanol–water partition coefficient (Wildman–Crippen LogP) is 3.96. The highest BCUT2D eigenvalue weighted by Gasteiger charge is 2.47. The van der Waals surface area contributed by atoms with Crippen LogP contribution in [0.1, 0.15) is 41.6 Å². The maximum atomic E-state index is 13.2. The van der Waals surface area contributed by atoms with Crippen LogP contribution in [0.2, 0.25) is 0 Å². The van der Waals surface area contributed by atoms with Crippen molar-refractivity contribution in [2.45, 2.75) is 31.1 Å². The number of thiophene rings is 1. The van der Waals surface area contributed by atoms with Gasteiger partial charge in [-0.25, -0.2) is 4.79 Å². The molecule has 6 heteroatoms. The summed E-state index contributed by atoms with van der Waals surface area (Å²) in [5.74, 6) is 0.132. The van der Waals surface area contributed by atoms with E-state index in [0.717, 1.165) is 69.7 Å². The van der Waals surface area contributed by atoms with Crippen LogP contribution in [0.25, 0.3) is 0 Å². The number of fused-ring (bicyclic) bond motifs is 2. The molecular formula is C22H25N3O2S. The minimum atomic E-state index is -0.0304. The van der Waals surface area contributed by atoms with Gasteiger partial charge in [0.2, 0.25) is 0 Å². The average molecular weight is 396 g/mol. The molecule has 0 N–H and O–H groups in total. The second-order valence-corrected chi connectivity index (χ2v) is 8.94. The molecule has 0 atom stereocenters. The first-order valence-electron chi connectivity index (χ1n) is 10.2. The summed E-state index contributed by atoms with van der Waals surface area (Å²) in [5.41, 5.74) is 3.11. The number of carbonyl (C=O) groups is 2. The van der Waals surface area contributed by atoms with Crippen molar-refractivity contribution in [2.24, 2.45) is 0 Å². The van der Waals surface area contributed by atoms with Crippen LogP contribution >= 0.6 is 11.3 Å². The molecule has 2 aromatic rings. The van der Waals surface area contributed by atoms with E-state index in [-0.39, 0.29) is 17.4 Å². The maximum Gasteiger partial charge on any atom is 0.324 e. The van der Waals surface area contributed by atoms with E-state index in [2.05, 4.69) is 18.2 Å². The smallest absolute Gasteiger partial charge is 0.324 e. The van der Waals surface area contributed by atoms with Crippen molar-refractivity contribution in [1.29, 1.82) is 0 Å². The van der Waals surface area contributed by atoms with Crippen LogP contribution < -0.4 is 4.90 Å². The monoisotopic (exact) mass is 395 g/mol.